The Morgan fingerprint density at radius 1 is 1.21 bits per heavy atom. The molecular formula is C24H29FN6O3. The second-order valence-electron chi connectivity index (χ2n) is 8.22. The quantitative estimate of drug-likeness (QED) is 0.462. The molecule has 1 amide bonds. The van der Waals surface area contributed by atoms with Crippen LogP contribution in [0.2, 0.25) is 0 Å². The third-order valence-corrected chi connectivity index (χ3v) is 5.89. The van der Waals surface area contributed by atoms with E-state index in [1.165, 1.54) is 6.07 Å². The Bertz CT molecular complexity index is 1200. The van der Waals surface area contributed by atoms with Crippen molar-refractivity contribution in [3.8, 4) is 5.75 Å². The third-order valence-electron chi connectivity index (χ3n) is 5.89. The van der Waals surface area contributed by atoms with Gasteiger partial charge in [-0.05, 0) is 37.6 Å². The zero-order chi connectivity index (χ0) is 24.2. The highest BCUT2D eigenvalue weighted by molar-refractivity contribution is 6.07. The van der Waals surface area contributed by atoms with E-state index in [0.717, 1.165) is 37.4 Å². The molecule has 0 bridgehead atoms. The lowest BCUT2D eigenvalue weighted by molar-refractivity contribution is 0.0995. The number of benzene rings is 2. The van der Waals surface area contributed by atoms with E-state index >= 15 is 0 Å². The van der Waals surface area contributed by atoms with Gasteiger partial charge in [-0.2, -0.15) is 0 Å². The van der Waals surface area contributed by atoms with Crippen LogP contribution in [0.25, 0.3) is 10.9 Å². The standard InChI is InChI=1S/C24H29FN6O3/c1-3-34-21-14-19-16(13-20(21)31-8-6-30(7-9-31)10-11-32)22(23(24(26)33)29-28-19)27-18-5-4-15(2)12-17(18)25/h4-5,12-14,32H,3,6-11H2,1-2H3,(H2,26,33)(H,27,28). The molecule has 0 aliphatic carbocycles. The van der Waals surface area contributed by atoms with Crippen LogP contribution in [-0.4, -0.2) is 72.0 Å². The van der Waals surface area contributed by atoms with E-state index in [0.29, 0.717) is 35.5 Å². The smallest absolute Gasteiger partial charge is 0.271 e. The maximum absolute atomic E-state index is 14.6. The SMILES string of the molecule is CCOc1cc2nnc(C(N)=O)c(Nc3ccc(C)cc3F)c2cc1N1CCN(CCO)CC1. The zero-order valence-electron chi connectivity index (χ0n) is 19.3. The lowest BCUT2D eigenvalue weighted by Crippen LogP contribution is -2.47. The number of hydrogen-bond acceptors (Lipinski definition) is 8. The summed E-state index contributed by atoms with van der Waals surface area (Å²) in [6.07, 6.45) is 0. The fourth-order valence-corrected chi connectivity index (χ4v) is 4.15. The van der Waals surface area contributed by atoms with Crippen LogP contribution in [0.1, 0.15) is 23.0 Å². The maximum Gasteiger partial charge on any atom is 0.271 e. The predicted molar refractivity (Wildman–Crippen MR) is 129 cm³/mol. The molecule has 3 aromatic rings. The summed E-state index contributed by atoms with van der Waals surface area (Å²) >= 11 is 0. The molecule has 2 aromatic carbocycles. The van der Waals surface area contributed by atoms with E-state index in [2.05, 4.69) is 25.3 Å². The molecule has 4 rings (SSSR count). The Kier molecular flexibility index (Phi) is 7.09. The Morgan fingerprint density at radius 2 is 1.97 bits per heavy atom. The third kappa shape index (κ3) is 4.87. The lowest BCUT2D eigenvalue weighted by atomic mass is 10.1. The average molecular weight is 469 g/mol. The molecule has 34 heavy (non-hydrogen) atoms. The molecule has 1 saturated heterocycles. The van der Waals surface area contributed by atoms with Crippen LogP contribution in [-0.2, 0) is 0 Å². The van der Waals surface area contributed by atoms with Gasteiger partial charge in [0.25, 0.3) is 5.91 Å². The molecular weight excluding hydrogens is 439 g/mol. The number of primary amides is 1. The molecule has 0 saturated carbocycles. The number of hydrogen-bond donors (Lipinski definition) is 3. The van der Waals surface area contributed by atoms with Gasteiger partial charge in [0.05, 0.1) is 35.8 Å². The number of nitrogens with zero attached hydrogens (tertiary/aromatic N) is 4. The molecule has 1 fully saturated rings. The van der Waals surface area contributed by atoms with Gasteiger partial charge < -0.3 is 25.8 Å². The van der Waals surface area contributed by atoms with Gasteiger partial charge in [-0.3, -0.25) is 9.69 Å². The van der Waals surface area contributed by atoms with Crippen molar-refractivity contribution >= 4 is 33.9 Å². The van der Waals surface area contributed by atoms with E-state index in [4.69, 9.17) is 10.5 Å². The number of ether oxygens (including phenoxy) is 1. The van der Waals surface area contributed by atoms with Crippen LogP contribution in [0, 0.1) is 12.7 Å². The number of β-amino-alcohol motifs (C(OH)–C–C–N with tert-alkyl or cyclic N) is 1. The number of halogens is 1. The van der Waals surface area contributed by atoms with E-state index in [-0.39, 0.29) is 18.0 Å². The van der Waals surface area contributed by atoms with Gasteiger partial charge in [0.15, 0.2) is 5.69 Å². The van der Waals surface area contributed by atoms with Gasteiger partial charge >= 0.3 is 0 Å². The first-order chi connectivity index (χ1) is 16.4. The fourth-order valence-electron chi connectivity index (χ4n) is 4.15. The first kappa shape index (κ1) is 23.7. The molecule has 0 radical (unpaired) electrons. The van der Waals surface area contributed by atoms with Crippen molar-refractivity contribution < 1.29 is 19.0 Å². The monoisotopic (exact) mass is 468 g/mol. The minimum atomic E-state index is -0.766. The number of carbonyl (C=O) groups excluding carboxylic acids is 1. The number of piperazine rings is 1. The van der Waals surface area contributed by atoms with Gasteiger partial charge in [-0.1, -0.05) is 6.07 Å². The Morgan fingerprint density at radius 3 is 2.62 bits per heavy atom. The molecule has 180 valence electrons. The summed E-state index contributed by atoms with van der Waals surface area (Å²) in [4.78, 5) is 16.6. The second kappa shape index (κ2) is 10.2. The first-order valence-electron chi connectivity index (χ1n) is 11.3. The van der Waals surface area contributed by atoms with Crippen LogP contribution in [0.5, 0.6) is 5.75 Å². The van der Waals surface area contributed by atoms with Gasteiger partial charge in [0.2, 0.25) is 0 Å². The highest BCUT2D eigenvalue weighted by Gasteiger charge is 2.23. The Balaban J connectivity index is 1.82. The molecule has 0 atom stereocenters. The number of nitrogens with one attached hydrogen (secondary N) is 1. The van der Waals surface area contributed by atoms with Crippen molar-refractivity contribution in [1.29, 1.82) is 0 Å². The van der Waals surface area contributed by atoms with Crippen molar-refractivity contribution in [2.45, 2.75) is 13.8 Å². The lowest BCUT2D eigenvalue weighted by Gasteiger charge is -2.36. The number of aliphatic hydroxyl groups excluding tert-OH is 1. The van der Waals surface area contributed by atoms with Crippen molar-refractivity contribution in [2.75, 3.05) is 56.2 Å². The Labute approximate surface area is 197 Å². The molecule has 0 unspecified atom stereocenters. The number of anilines is 3. The van der Waals surface area contributed by atoms with Crippen molar-refractivity contribution in [3.05, 3.63) is 47.4 Å². The van der Waals surface area contributed by atoms with Gasteiger partial charge in [0.1, 0.15) is 11.6 Å². The van der Waals surface area contributed by atoms with Crippen molar-refractivity contribution in [2.24, 2.45) is 5.73 Å². The van der Waals surface area contributed by atoms with Crippen LogP contribution >= 0.6 is 0 Å². The number of aliphatic hydroxyl groups is 1. The molecule has 1 aliphatic rings. The second-order valence-corrected chi connectivity index (χ2v) is 8.22. The number of aryl methyl sites for hydroxylation is 1. The highest BCUT2D eigenvalue weighted by atomic mass is 19.1. The summed E-state index contributed by atoms with van der Waals surface area (Å²) in [5.74, 6) is -0.566. The topological polar surface area (TPSA) is 117 Å². The first-order valence-corrected chi connectivity index (χ1v) is 11.3. The molecule has 4 N–H and O–H groups in total. The maximum atomic E-state index is 14.6. The molecule has 1 aromatic heterocycles. The molecule has 1 aliphatic heterocycles. The number of rotatable bonds is 8. The van der Waals surface area contributed by atoms with Gasteiger partial charge in [-0.15, -0.1) is 10.2 Å². The number of fused-ring (bicyclic) bond motifs is 1. The minimum absolute atomic E-state index is 0.0738. The van der Waals surface area contributed by atoms with Crippen molar-refractivity contribution in [3.63, 3.8) is 0 Å². The van der Waals surface area contributed by atoms with E-state index < -0.39 is 11.7 Å². The van der Waals surface area contributed by atoms with E-state index in [1.807, 2.05) is 13.0 Å². The van der Waals surface area contributed by atoms with Crippen LogP contribution < -0.4 is 20.7 Å². The summed E-state index contributed by atoms with van der Waals surface area (Å²) in [5.41, 5.74) is 8.12. The van der Waals surface area contributed by atoms with E-state index in [9.17, 15) is 14.3 Å². The number of nitrogens with two attached hydrogens (primary N) is 1. The zero-order valence-corrected chi connectivity index (χ0v) is 19.3. The summed E-state index contributed by atoms with van der Waals surface area (Å²) in [5, 5.41) is 21.0. The largest absolute Gasteiger partial charge is 0.492 e. The van der Waals surface area contributed by atoms with E-state index in [1.54, 1.807) is 25.1 Å². The highest BCUT2D eigenvalue weighted by Crippen LogP contribution is 2.38. The fraction of sp³-hybridized carbons (Fsp3) is 0.375. The number of amides is 1. The molecule has 2 heterocycles. The minimum Gasteiger partial charge on any atom is -0.492 e. The van der Waals surface area contributed by atoms with Crippen LogP contribution in [0.15, 0.2) is 30.3 Å². The van der Waals surface area contributed by atoms with Crippen LogP contribution in [0.4, 0.5) is 21.5 Å². The number of carbonyl (C=O) groups is 1. The average Bonchev–Trinajstić information content (AvgIpc) is 2.81. The number of aromatic nitrogens is 2. The normalized spacial score (nSPS) is 14.4. The van der Waals surface area contributed by atoms with Crippen molar-refractivity contribution in [1.82, 2.24) is 15.1 Å². The van der Waals surface area contributed by atoms with Crippen LogP contribution in [0.3, 0.4) is 0 Å². The summed E-state index contributed by atoms with van der Waals surface area (Å²) in [7, 11) is 0. The molecule has 9 nitrogen and oxygen atoms in total. The summed E-state index contributed by atoms with van der Waals surface area (Å²) in [6.45, 7) is 8.00. The van der Waals surface area contributed by atoms with Gasteiger partial charge in [0, 0.05) is 44.2 Å². The molecule has 0 spiro atoms. The van der Waals surface area contributed by atoms with Gasteiger partial charge in [-0.25, -0.2) is 4.39 Å². The summed E-state index contributed by atoms with van der Waals surface area (Å²) in [6, 6.07) is 8.46. The Hall–Kier alpha value is -3.50. The summed E-state index contributed by atoms with van der Waals surface area (Å²) < 4.78 is 20.5. The molecule has 10 heteroatoms. The predicted octanol–water partition coefficient (Wildman–Crippen LogP) is 2.43.